The number of imidazole rings is 1. The first-order valence-corrected chi connectivity index (χ1v) is 12.8. The van der Waals surface area contributed by atoms with E-state index in [4.69, 9.17) is 50.5 Å². The molecule has 2 heterocycles. The summed E-state index contributed by atoms with van der Waals surface area (Å²) >= 11 is 18.9. The SMILES string of the molecule is NC(=O)C1CCC(n2c(Nc3c(Cl)cc(Cl)cc3Cl)nc3cnc(N[C@@H]4CC[C@H](O)C4)nc32)CC1. The average Bonchev–Trinajstić information content (AvgIpc) is 3.38. The third-order valence-corrected chi connectivity index (χ3v) is 7.69. The first-order chi connectivity index (χ1) is 16.8. The van der Waals surface area contributed by atoms with Crippen molar-refractivity contribution in [1.29, 1.82) is 0 Å². The predicted octanol–water partition coefficient (Wildman–Crippen LogP) is 5.07. The maximum Gasteiger partial charge on any atom is 0.224 e. The van der Waals surface area contributed by atoms with E-state index in [9.17, 15) is 9.90 Å². The fraction of sp³-hybridized carbons (Fsp3) is 0.478. The molecule has 2 fully saturated rings. The number of aromatic nitrogens is 4. The lowest BCUT2D eigenvalue weighted by molar-refractivity contribution is -0.122. The third-order valence-electron chi connectivity index (χ3n) is 6.88. The highest BCUT2D eigenvalue weighted by Gasteiger charge is 2.30. The van der Waals surface area contributed by atoms with Crippen molar-refractivity contribution in [1.82, 2.24) is 19.5 Å². The molecule has 35 heavy (non-hydrogen) atoms. The van der Waals surface area contributed by atoms with Crippen LogP contribution in [0, 0.1) is 5.92 Å². The Morgan fingerprint density at radius 2 is 1.77 bits per heavy atom. The van der Waals surface area contributed by atoms with Crippen molar-refractivity contribution in [2.45, 2.75) is 63.1 Å². The summed E-state index contributed by atoms with van der Waals surface area (Å²) in [5.41, 5.74) is 7.31. The fourth-order valence-corrected chi connectivity index (χ4v) is 5.97. The highest BCUT2D eigenvalue weighted by atomic mass is 35.5. The van der Waals surface area contributed by atoms with Crippen molar-refractivity contribution in [3.63, 3.8) is 0 Å². The van der Waals surface area contributed by atoms with Gasteiger partial charge >= 0.3 is 0 Å². The number of benzene rings is 1. The number of nitrogens with two attached hydrogens (primary N) is 1. The zero-order chi connectivity index (χ0) is 24.7. The summed E-state index contributed by atoms with van der Waals surface area (Å²) in [5.74, 6) is 0.622. The first kappa shape index (κ1) is 24.4. The maximum atomic E-state index is 11.7. The number of hydrogen-bond acceptors (Lipinski definition) is 7. The van der Waals surface area contributed by atoms with E-state index in [1.165, 1.54) is 0 Å². The number of anilines is 3. The Labute approximate surface area is 217 Å². The lowest BCUT2D eigenvalue weighted by Gasteiger charge is -2.29. The molecular formula is C23H26Cl3N7O2. The van der Waals surface area contributed by atoms with E-state index >= 15 is 0 Å². The van der Waals surface area contributed by atoms with E-state index in [-0.39, 0.29) is 30.0 Å². The standard InChI is InChI=1S/C23H26Cl3N7O2/c24-12-7-16(25)19(17(26)8-12)31-23-30-18-10-28-22(29-13-3-6-15(34)9-13)32-21(18)33(23)14-4-1-11(2-5-14)20(27)35/h7-8,10-11,13-15,34H,1-6,9H2,(H2,27,35)(H,30,31)(H,28,29,32)/t11?,13-,14?,15+/m1/s1. The van der Waals surface area contributed by atoms with Crippen LogP contribution in [0.25, 0.3) is 11.2 Å². The van der Waals surface area contributed by atoms with Gasteiger partial charge in [-0.3, -0.25) is 9.36 Å². The van der Waals surface area contributed by atoms with Gasteiger partial charge in [-0.2, -0.15) is 4.98 Å². The molecule has 0 saturated heterocycles. The number of amides is 1. The molecule has 2 aromatic heterocycles. The summed E-state index contributed by atoms with van der Waals surface area (Å²) in [4.78, 5) is 25.7. The van der Waals surface area contributed by atoms with Crippen LogP contribution < -0.4 is 16.4 Å². The molecule has 2 saturated carbocycles. The summed E-state index contributed by atoms with van der Waals surface area (Å²) < 4.78 is 2.03. The average molecular weight is 539 g/mol. The van der Waals surface area contributed by atoms with Gasteiger partial charge in [0.05, 0.1) is 28.0 Å². The number of fused-ring (bicyclic) bond motifs is 1. The summed E-state index contributed by atoms with van der Waals surface area (Å²) in [6.07, 6.45) is 6.55. The van der Waals surface area contributed by atoms with E-state index in [0.717, 1.165) is 25.7 Å². The van der Waals surface area contributed by atoms with Crippen LogP contribution in [-0.2, 0) is 4.79 Å². The number of aliphatic hydroxyl groups excluding tert-OH is 1. The van der Waals surface area contributed by atoms with Gasteiger partial charge in [-0.25, -0.2) is 9.97 Å². The lowest BCUT2D eigenvalue weighted by Crippen LogP contribution is -2.29. The smallest absolute Gasteiger partial charge is 0.224 e. The molecule has 2 atom stereocenters. The van der Waals surface area contributed by atoms with E-state index in [1.54, 1.807) is 18.3 Å². The van der Waals surface area contributed by atoms with Gasteiger partial charge < -0.3 is 21.5 Å². The van der Waals surface area contributed by atoms with E-state index in [0.29, 0.717) is 63.1 Å². The number of hydrogen-bond donors (Lipinski definition) is 4. The molecule has 2 aliphatic rings. The van der Waals surface area contributed by atoms with Gasteiger partial charge in [0, 0.05) is 23.0 Å². The van der Waals surface area contributed by atoms with Gasteiger partial charge in [-0.15, -0.1) is 0 Å². The highest BCUT2D eigenvalue weighted by molar-refractivity contribution is 6.41. The normalized spacial score (nSPS) is 24.6. The van der Waals surface area contributed by atoms with Gasteiger partial charge in [-0.05, 0) is 57.1 Å². The molecule has 0 aliphatic heterocycles. The van der Waals surface area contributed by atoms with Crippen molar-refractivity contribution < 1.29 is 9.90 Å². The monoisotopic (exact) mass is 537 g/mol. The second kappa shape index (κ2) is 9.97. The molecule has 3 aromatic rings. The number of carbonyl (C=O) groups excluding carboxylic acids is 1. The fourth-order valence-electron chi connectivity index (χ4n) is 5.06. The van der Waals surface area contributed by atoms with Crippen molar-refractivity contribution >= 4 is 69.5 Å². The van der Waals surface area contributed by atoms with Crippen molar-refractivity contribution in [3.05, 3.63) is 33.4 Å². The highest BCUT2D eigenvalue weighted by Crippen LogP contribution is 2.40. The molecule has 2 aliphatic carbocycles. The number of primary amides is 1. The number of nitrogens with one attached hydrogen (secondary N) is 2. The number of halogens is 3. The number of nitrogens with zero attached hydrogens (tertiary/aromatic N) is 4. The first-order valence-electron chi connectivity index (χ1n) is 11.7. The zero-order valence-corrected chi connectivity index (χ0v) is 21.1. The quantitative estimate of drug-likeness (QED) is 0.344. The molecule has 9 nitrogen and oxygen atoms in total. The topological polar surface area (TPSA) is 131 Å². The van der Waals surface area contributed by atoms with Crippen molar-refractivity contribution in [3.8, 4) is 0 Å². The minimum atomic E-state index is -0.299. The van der Waals surface area contributed by atoms with Crippen molar-refractivity contribution in [2.24, 2.45) is 11.7 Å². The van der Waals surface area contributed by atoms with Crippen molar-refractivity contribution in [2.75, 3.05) is 10.6 Å². The van der Waals surface area contributed by atoms with Crippen LogP contribution in [0.2, 0.25) is 15.1 Å². The molecule has 0 unspecified atom stereocenters. The van der Waals surface area contributed by atoms with Gasteiger partial charge in [0.2, 0.25) is 17.8 Å². The van der Waals surface area contributed by atoms with Crippen LogP contribution in [0.1, 0.15) is 51.0 Å². The van der Waals surface area contributed by atoms with E-state index in [1.807, 2.05) is 4.57 Å². The molecule has 5 N–H and O–H groups in total. The van der Waals surface area contributed by atoms with Gasteiger partial charge in [0.25, 0.3) is 0 Å². The number of carbonyl (C=O) groups is 1. The zero-order valence-electron chi connectivity index (χ0n) is 18.8. The van der Waals surface area contributed by atoms with Crippen LogP contribution in [0.3, 0.4) is 0 Å². The summed E-state index contributed by atoms with van der Waals surface area (Å²) in [7, 11) is 0. The van der Waals surface area contributed by atoms with Crippen LogP contribution >= 0.6 is 34.8 Å². The molecule has 186 valence electrons. The Balaban J connectivity index is 1.52. The second-order valence-corrected chi connectivity index (χ2v) is 10.5. The van der Waals surface area contributed by atoms with E-state index in [2.05, 4.69) is 15.6 Å². The molecule has 0 spiro atoms. The van der Waals surface area contributed by atoms with Gasteiger partial charge in [0.15, 0.2) is 5.65 Å². The van der Waals surface area contributed by atoms with Crippen LogP contribution in [0.5, 0.6) is 0 Å². The largest absolute Gasteiger partial charge is 0.393 e. The Kier molecular flexibility index (Phi) is 6.94. The third kappa shape index (κ3) is 5.14. The maximum absolute atomic E-state index is 11.7. The minimum Gasteiger partial charge on any atom is -0.393 e. The van der Waals surface area contributed by atoms with Crippen LogP contribution in [0.4, 0.5) is 17.6 Å². The van der Waals surface area contributed by atoms with Gasteiger partial charge in [-0.1, -0.05) is 34.8 Å². The lowest BCUT2D eigenvalue weighted by atomic mass is 9.85. The Hall–Kier alpha value is -2.33. The van der Waals surface area contributed by atoms with Crippen LogP contribution in [0.15, 0.2) is 18.3 Å². The Morgan fingerprint density at radius 3 is 2.40 bits per heavy atom. The molecular weight excluding hydrogens is 513 g/mol. The molecule has 1 amide bonds. The molecule has 0 bridgehead atoms. The van der Waals surface area contributed by atoms with Gasteiger partial charge in [0.1, 0.15) is 5.52 Å². The molecule has 5 rings (SSSR count). The number of rotatable bonds is 6. The second-order valence-electron chi connectivity index (χ2n) is 9.29. The molecule has 0 radical (unpaired) electrons. The summed E-state index contributed by atoms with van der Waals surface area (Å²) in [6, 6.07) is 3.38. The summed E-state index contributed by atoms with van der Waals surface area (Å²) in [6.45, 7) is 0. The molecule has 1 aromatic carbocycles. The van der Waals surface area contributed by atoms with E-state index < -0.39 is 0 Å². The Bertz CT molecular complexity index is 1240. The molecule has 12 heteroatoms. The minimum absolute atomic E-state index is 0.0407. The number of aliphatic hydroxyl groups is 1. The van der Waals surface area contributed by atoms with Crippen LogP contribution in [-0.4, -0.2) is 42.7 Å². The summed E-state index contributed by atoms with van der Waals surface area (Å²) in [5, 5.41) is 17.6. The Morgan fingerprint density at radius 1 is 1.06 bits per heavy atom. The predicted molar refractivity (Wildman–Crippen MR) is 138 cm³/mol.